The topological polar surface area (TPSA) is 69.6 Å². The van der Waals surface area contributed by atoms with E-state index in [0.29, 0.717) is 0 Å². The number of rotatable bonds is 7. The summed E-state index contributed by atoms with van der Waals surface area (Å²) in [5.41, 5.74) is 0. The molecule has 0 aromatic heterocycles. The first-order valence-corrected chi connectivity index (χ1v) is 6.43. The van der Waals surface area contributed by atoms with Crippen LogP contribution < -0.4 is 4.72 Å². The molecule has 0 heterocycles. The highest BCUT2D eigenvalue weighted by Gasteiger charge is 2.32. The summed E-state index contributed by atoms with van der Waals surface area (Å²) >= 11 is 0. The van der Waals surface area contributed by atoms with E-state index < -0.39 is 28.8 Å². The molecule has 1 atom stereocenters. The van der Waals surface area contributed by atoms with Crippen LogP contribution in [0.5, 0.6) is 0 Å². The minimum absolute atomic E-state index is 0.0462. The minimum atomic E-state index is -4.41. The summed E-state index contributed by atoms with van der Waals surface area (Å²) in [6, 6.07) is -1.23. The molecule has 0 aromatic rings. The number of nitrogens with zero attached hydrogens (tertiary/aromatic N) is 1. The lowest BCUT2D eigenvalue weighted by atomic mass is 10.2. The fourth-order valence-electron chi connectivity index (χ4n) is 1.15. The third-order valence-electron chi connectivity index (χ3n) is 1.93. The molecular weight excluding hydrogens is 261 g/mol. The summed E-state index contributed by atoms with van der Waals surface area (Å²) in [4.78, 5) is 0. The van der Waals surface area contributed by atoms with Crippen LogP contribution in [0.15, 0.2) is 0 Å². The van der Waals surface area contributed by atoms with E-state index in [1.807, 2.05) is 4.72 Å². The molecule has 0 fully saturated rings. The molecule has 0 aliphatic heterocycles. The monoisotopic (exact) mass is 278 g/mol. The fourth-order valence-corrected chi connectivity index (χ4v) is 2.29. The van der Waals surface area contributed by atoms with E-state index in [-0.39, 0.29) is 19.6 Å². The van der Waals surface area contributed by atoms with Crippen LogP contribution in [0.4, 0.5) is 13.2 Å². The van der Waals surface area contributed by atoms with Gasteiger partial charge in [-0.05, 0) is 13.3 Å². The summed E-state index contributed by atoms with van der Waals surface area (Å²) in [5.74, 6) is 0. The highest BCUT2D eigenvalue weighted by atomic mass is 32.2. The van der Waals surface area contributed by atoms with E-state index in [1.54, 1.807) is 0 Å². The van der Waals surface area contributed by atoms with Crippen molar-refractivity contribution in [1.82, 2.24) is 9.03 Å². The lowest BCUT2D eigenvalue weighted by Crippen LogP contribution is -2.44. The van der Waals surface area contributed by atoms with Gasteiger partial charge in [-0.1, -0.05) is 0 Å². The molecule has 0 radical (unpaired) electrons. The van der Waals surface area contributed by atoms with Crippen molar-refractivity contribution in [2.45, 2.75) is 32.0 Å². The SMILES string of the molecule is CC(CC(F)(F)F)NS(=O)(=O)N(C)CCCO. The molecule has 0 bridgehead atoms. The molecule has 104 valence electrons. The average molecular weight is 278 g/mol. The summed E-state index contributed by atoms with van der Waals surface area (Å²) in [6.07, 6.45) is -5.41. The molecule has 0 spiro atoms. The molecular formula is C8H17F3N2O3S. The Morgan fingerprint density at radius 3 is 2.35 bits per heavy atom. The Labute approximate surface area is 98.8 Å². The Bertz CT molecular complexity index is 318. The van der Waals surface area contributed by atoms with Gasteiger partial charge < -0.3 is 5.11 Å². The van der Waals surface area contributed by atoms with Crippen LogP contribution in [0.25, 0.3) is 0 Å². The van der Waals surface area contributed by atoms with Crippen molar-refractivity contribution in [2.75, 3.05) is 20.2 Å². The Balaban J connectivity index is 4.34. The van der Waals surface area contributed by atoms with Crippen molar-refractivity contribution in [1.29, 1.82) is 0 Å². The van der Waals surface area contributed by atoms with Gasteiger partial charge >= 0.3 is 6.18 Å². The molecule has 2 N–H and O–H groups in total. The Kier molecular flexibility index (Phi) is 6.38. The molecule has 0 saturated heterocycles. The second-order valence-corrected chi connectivity index (χ2v) is 5.55. The average Bonchev–Trinajstić information content (AvgIpc) is 2.09. The van der Waals surface area contributed by atoms with E-state index in [9.17, 15) is 21.6 Å². The minimum Gasteiger partial charge on any atom is -0.396 e. The highest BCUT2D eigenvalue weighted by Crippen LogP contribution is 2.21. The third-order valence-corrected chi connectivity index (χ3v) is 3.63. The second-order valence-electron chi connectivity index (χ2n) is 3.74. The Morgan fingerprint density at radius 1 is 1.41 bits per heavy atom. The molecule has 0 aliphatic rings. The standard InChI is InChI=1S/C8H17F3N2O3S/c1-7(6-8(9,10)11)12-17(15,16)13(2)4-3-5-14/h7,12,14H,3-6H2,1-2H3. The summed E-state index contributed by atoms with van der Waals surface area (Å²) in [5, 5.41) is 8.52. The van der Waals surface area contributed by atoms with Gasteiger partial charge in [-0.15, -0.1) is 0 Å². The number of halogens is 3. The Morgan fingerprint density at radius 2 is 1.94 bits per heavy atom. The van der Waals surface area contributed by atoms with Crippen LogP contribution in [-0.4, -0.2) is 50.2 Å². The number of aliphatic hydroxyl groups is 1. The zero-order chi connectivity index (χ0) is 13.7. The van der Waals surface area contributed by atoms with Crippen LogP contribution in [0.3, 0.4) is 0 Å². The van der Waals surface area contributed by atoms with E-state index in [0.717, 1.165) is 11.2 Å². The largest absolute Gasteiger partial charge is 0.396 e. The van der Waals surface area contributed by atoms with Crippen LogP contribution in [0, 0.1) is 0 Å². The van der Waals surface area contributed by atoms with Crippen molar-refractivity contribution in [2.24, 2.45) is 0 Å². The number of alkyl halides is 3. The van der Waals surface area contributed by atoms with Gasteiger partial charge in [-0.25, -0.2) is 0 Å². The predicted molar refractivity (Wildman–Crippen MR) is 56.5 cm³/mol. The first-order chi connectivity index (χ1) is 7.58. The Hall–Kier alpha value is -0.380. The van der Waals surface area contributed by atoms with Gasteiger partial charge in [0.1, 0.15) is 0 Å². The van der Waals surface area contributed by atoms with Gasteiger partial charge in [-0.2, -0.15) is 30.6 Å². The van der Waals surface area contributed by atoms with Gasteiger partial charge in [-0.3, -0.25) is 0 Å². The van der Waals surface area contributed by atoms with Crippen molar-refractivity contribution < 1.29 is 26.7 Å². The predicted octanol–water partition coefficient (Wildman–Crippen LogP) is 0.476. The van der Waals surface area contributed by atoms with Gasteiger partial charge in [0.25, 0.3) is 10.2 Å². The number of hydrogen-bond donors (Lipinski definition) is 2. The maximum atomic E-state index is 12.0. The molecule has 0 aromatic carbocycles. The number of hydrogen-bond acceptors (Lipinski definition) is 3. The maximum Gasteiger partial charge on any atom is 0.390 e. The molecule has 5 nitrogen and oxygen atoms in total. The molecule has 17 heavy (non-hydrogen) atoms. The van der Waals surface area contributed by atoms with E-state index >= 15 is 0 Å². The smallest absolute Gasteiger partial charge is 0.390 e. The number of aliphatic hydroxyl groups excluding tert-OH is 1. The molecule has 0 rings (SSSR count). The highest BCUT2D eigenvalue weighted by molar-refractivity contribution is 7.87. The molecule has 1 unspecified atom stereocenters. The number of nitrogens with one attached hydrogen (secondary N) is 1. The molecule has 0 amide bonds. The lowest BCUT2D eigenvalue weighted by molar-refractivity contribution is -0.137. The van der Waals surface area contributed by atoms with Crippen LogP contribution in [0.1, 0.15) is 19.8 Å². The zero-order valence-corrected chi connectivity index (χ0v) is 10.5. The first-order valence-electron chi connectivity index (χ1n) is 4.99. The van der Waals surface area contributed by atoms with Crippen molar-refractivity contribution in [3.8, 4) is 0 Å². The van der Waals surface area contributed by atoms with Crippen molar-refractivity contribution in [3.05, 3.63) is 0 Å². The first kappa shape index (κ1) is 16.6. The lowest BCUT2D eigenvalue weighted by Gasteiger charge is -2.21. The van der Waals surface area contributed by atoms with Gasteiger partial charge in [0.05, 0.1) is 6.42 Å². The van der Waals surface area contributed by atoms with Gasteiger partial charge in [0.15, 0.2) is 0 Å². The summed E-state index contributed by atoms with van der Waals surface area (Å²) in [7, 11) is -2.70. The summed E-state index contributed by atoms with van der Waals surface area (Å²) in [6.45, 7) is 1.01. The van der Waals surface area contributed by atoms with Crippen molar-refractivity contribution in [3.63, 3.8) is 0 Å². The third kappa shape index (κ3) is 7.53. The fraction of sp³-hybridized carbons (Fsp3) is 1.00. The normalized spacial score (nSPS) is 15.2. The second kappa shape index (κ2) is 6.53. The molecule has 0 saturated carbocycles. The van der Waals surface area contributed by atoms with Gasteiger partial charge in [0.2, 0.25) is 0 Å². The van der Waals surface area contributed by atoms with Gasteiger partial charge in [0, 0.05) is 26.2 Å². The summed E-state index contributed by atoms with van der Waals surface area (Å²) < 4.78 is 61.8. The zero-order valence-electron chi connectivity index (χ0n) is 9.66. The molecule has 0 aliphatic carbocycles. The van der Waals surface area contributed by atoms with E-state index in [2.05, 4.69) is 0 Å². The van der Waals surface area contributed by atoms with Crippen LogP contribution >= 0.6 is 0 Å². The quantitative estimate of drug-likeness (QED) is 0.711. The van der Waals surface area contributed by atoms with Crippen LogP contribution in [0.2, 0.25) is 0 Å². The van der Waals surface area contributed by atoms with E-state index in [4.69, 9.17) is 5.11 Å². The molecule has 9 heteroatoms. The maximum absolute atomic E-state index is 12.0. The van der Waals surface area contributed by atoms with E-state index in [1.165, 1.54) is 7.05 Å². The van der Waals surface area contributed by atoms with Crippen LogP contribution in [-0.2, 0) is 10.2 Å². The van der Waals surface area contributed by atoms with Crippen molar-refractivity contribution >= 4 is 10.2 Å².